The van der Waals surface area contributed by atoms with Crippen molar-refractivity contribution in [3.8, 4) is 6.07 Å². The van der Waals surface area contributed by atoms with Crippen LogP contribution in [-0.4, -0.2) is 22.7 Å². The summed E-state index contributed by atoms with van der Waals surface area (Å²) < 4.78 is 0. The zero-order valence-corrected chi connectivity index (χ0v) is 11.2. The third-order valence-corrected chi connectivity index (χ3v) is 4.00. The van der Waals surface area contributed by atoms with E-state index < -0.39 is 0 Å². The molecule has 1 fully saturated rings. The number of fused-ring (bicyclic) bond motifs is 1. The van der Waals surface area contributed by atoms with Crippen LogP contribution in [0.2, 0.25) is 0 Å². The van der Waals surface area contributed by atoms with E-state index in [1.54, 1.807) is 6.07 Å². The van der Waals surface area contributed by atoms with Gasteiger partial charge in [-0.2, -0.15) is 5.26 Å². The number of anilines is 1. The summed E-state index contributed by atoms with van der Waals surface area (Å²) in [7, 11) is 0. The number of nitrogens with one attached hydrogen (secondary N) is 1. The average Bonchev–Trinajstić information content (AvgIpc) is 2.89. The molecule has 1 aliphatic carbocycles. The van der Waals surface area contributed by atoms with Gasteiger partial charge in [0.15, 0.2) is 0 Å². The van der Waals surface area contributed by atoms with Gasteiger partial charge in [-0.25, -0.2) is 4.98 Å². The molecule has 102 valence electrons. The van der Waals surface area contributed by atoms with E-state index >= 15 is 0 Å². The van der Waals surface area contributed by atoms with Gasteiger partial charge < -0.3 is 10.4 Å². The molecule has 1 aromatic carbocycles. The Morgan fingerprint density at radius 3 is 2.95 bits per heavy atom. The number of aromatic nitrogens is 1. The first-order valence-corrected chi connectivity index (χ1v) is 7.00. The molecule has 0 amide bonds. The lowest BCUT2D eigenvalue weighted by Crippen LogP contribution is -2.22. The number of para-hydroxylation sites is 1. The molecule has 2 unspecified atom stereocenters. The number of hydrogen-bond acceptors (Lipinski definition) is 4. The molecule has 4 nitrogen and oxygen atoms in total. The Bertz CT molecular complexity index is 662. The maximum absolute atomic E-state index is 9.83. The minimum Gasteiger partial charge on any atom is -0.393 e. The Hall–Kier alpha value is -2.12. The number of nitrogens with zero attached hydrogens (tertiary/aromatic N) is 2. The van der Waals surface area contributed by atoms with Crippen LogP contribution in [0.1, 0.15) is 24.8 Å². The fourth-order valence-corrected chi connectivity index (χ4v) is 2.85. The maximum atomic E-state index is 9.83. The van der Waals surface area contributed by atoms with E-state index in [0.717, 1.165) is 30.2 Å². The van der Waals surface area contributed by atoms with Crippen molar-refractivity contribution in [3.05, 3.63) is 35.9 Å². The number of nitriles is 1. The lowest BCUT2D eigenvalue weighted by atomic mass is 10.1. The standard InChI is InChI=1S/C16H17N3O/c17-9-12-8-16(18-10-11-4-3-7-15(11)20)19-14-6-2-1-5-13(12)14/h1-2,5-6,8,11,15,20H,3-4,7,10H2,(H,18,19). The van der Waals surface area contributed by atoms with Crippen LogP contribution >= 0.6 is 0 Å². The van der Waals surface area contributed by atoms with Gasteiger partial charge in [-0.1, -0.05) is 24.6 Å². The molecular formula is C16H17N3O. The van der Waals surface area contributed by atoms with Gasteiger partial charge in [0.25, 0.3) is 0 Å². The summed E-state index contributed by atoms with van der Waals surface area (Å²) in [6.45, 7) is 0.706. The second-order valence-electron chi connectivity index (χ2n) is 5.32. The number of pyridine rings is 1. The van der Waals surface area contributed by atoms with E-state index in [0.29, 0.717) is 17.9 Å². The van der Waals surface area contributed by atoms with Crippen LogP contribution in [0.3, 0.4) is 0 Å². The van der Waals surface area contributed by atoms with E-state index in [1.807, 2.05) is 24.3 Å². The fourth-order valence-electron chi connectivity index (χ4n) is 2.85. The second-order valence-corrected chi connectivity index (χ2v) is 5.32. The van der Waals surface area contributed by atoms with Crippen LogP contribution in [0, 0.1) is 17.2 Å². The molecule has 4 heteroatoms. The first kappa shape index (κ1) is 12.9. The number of rotatable bonds is 3. The number of benzene rings is 1. The Balaban J connectivity index is 1.83. The molecule has 0 radical (unpaired) electrons. The SMILES string of the molecule is N#Cc1cc(NCC2CCCC2O)nc2ccccc12. The van der Waals surface area contributed by atoms with Gasteiger partial charge in [-0.3, -0.25) is 0 Å². The highest BCUT2D eigenvalue weighted by Gasteiger charge is 2.24. The minimum atomic E-state index is -0.210. The molecule has 0 spiro atoms. The summed E-state index contributed by atoms with van der Waals surface area (Å²) in [4.78, 5) is 4.53. The van der Waals surface area contributed by atoms with Crippen molar-refractivity contribution in [2.24, 2.45) is 5.92 Å². The van der Waals surface area contributed by atoms with Gasteiger partial charge in [0, 0.05) is 17.8 Å². The van der Waals surface area contributed by atoms with Gasteiger partial charge >= 0.3 is 0 Å². The molecule has 1 saturated carbocycles. The highest BCUT2D eigenvalue weighted by atomic mass is 16.3. The molecule has 3 rings (SSSR count). The maximum Gasteiger partial charge on any atom is 0.127 e. The fraction of sp³-hybridized carbons (Fsp3) is 0.375. The Morgan fingerprint density at radius 1 is 1.35 bits per heavy atom. The molecule has 20 heavy (non-hydrogen) atoms. The average molecular weight is 267 g/mol. The zero-order chi connectivity index (χ0) is 13.9. The second kappa shape index (κ2) is 5.48. The Morgan fingerprint density at radius 2 is 2.20 bits per heavy atom. The normalized spacial score (nSPS) is 21.8. The number of aliphatic hydroxyl groups is 1. The van der Waals surface area contributed by atoms with E-state index in [2.05, 4.69) is 16.4 Å². The van der Waals surface area contributed by atoms with Crippen LogP contribution in [0.5, 0.6) is 0 Å². The van der Waals surface area contributed by atoms with E-state index in [9.17, 15) is 10.4 Å². The zero-order valence-electron chi connectivity index (χ0n) is 11.2. The molecule has 2 atom stereocenters. The molecule has 2 aromatic rings. The Kier molecular flexibility index (Phi) is 3.53. The summed E-state index contributed by atoms with van der Waals surface area (Å²) in [5, 5.41) is 23.2. The predicted molar refractivity (Wildman–Crippen MR) is 78.3 cm³/mol. The Labute approximate surface area is 118 Å². The molecule has 0 saturated heterocycles. The number of aliphatic hydroxyl groups excluding tert-OH is 1. The van der Waals surface area contributed by atoms with Crippen molar-refractivity contribution in [2.45, 2.75) is 25.4 Å². The van der Waals surface area contributed by atoms with Crippen LogP contribution in [0.4, 0.5) is 5.82 Å². The molecule has 2 N–H and O–H groups in total. The quantitative estimate of drug-likeness (QED) is 0.897. The van der Waals surface area contributed by atoms with Crippen molar-refractivity contribution in [1.29, 1.82) is 5.26 Å². The minimum absolute atomic E-state index is 0.210. The summed E-state index contributed by atoms with van der Waals surface area (Å²) in [5.41, 5.74) is 1.45. The topological polar surface area (TPSA) is 68.9 Å². The van der Waals surface area contributed by atoms with E-state index in [4.69, 9.17) is 0 Å². The lowest BCUT2D eigenvalue weighted by Gasteiger charge is -2.16. The predicted octanol–water partition coefficient (Wildman–Crippen LogP) is 2.68. The smallest absolute Gasteiger partial charge is 0.127 e. The van der Waals surface area contributed by atoms with Crippen LogP contribution in [0.15, 0.2) is 30.3 Å². The monoisotopic (exact) mass is 267 g/mol. The van der Waals surface area contributed by atoms with Crippen LogP contribution < -0.4 is 5.32 Å². The van der Waals surface area contributed by atoms with Crippen molar-refractivity contribution in [1.82, 2.24) is 4.98 Å². The van der Waals surface area contributed by atoms with Gasteiger partial charge in [0.2, 0.25) is 0 Å². The van der Waals surface area contributed by atoms with Gasteiger partial charge in [-0.15, -0.1) is 0 Å². The molecule has 1 heterocycles. The molecule has 1 aromatic heterocycles. The van der Waals surface area contributed by atoms with Gasteiger partial charge in [0.05, 0.1) is 23.3 Å². The largest absolute Gasteiger partial charge is 0.393 e. The van der Waals surface area contributed by atoms with Crippen molar-refractivity contribution < 1.29 is 5.11 Å². The summed E-state index contributed by atoms with van der Waals surface area (Å²) >= 11 is 0. The number of hydrogen-bond donors (Lipinski definition) is 2. The van der Waals surface area contributed by atoms with Crippen molar-refractivity contribution >= 4 is 16.7 Å². The van der Waals surface area contributed by atoms with Gasteiger partial charge in [0.1, 0.15) is 5.82 Å². The summed E-state index contributed by atoms with van der Waals surface area (Å²) in [6.07, 6.45) is 2.81. The summed E-state index contributed by atoms with van der Waals surface area (Å²) in [5.74, 6) is 0.994. The first-order valence-electron chi connectivity index (χ1n) is 7.00. The third kappa shape index (κ3) is 2.45. The van der Waals surface area contributed by atoms with E-state index in [-0.39, 0.29) is 12.0 Å². The highest BCUT2D eigenvalue weighted by Crippen LogP contribution is 2.26. The van der Waals surface area contributed by atoms with Gasteiger partial charge in [-0.05, 0) is 25.0 Å². The third-order valence-electron chi connectivity index (χ3n) is 4.00. The van der Waals surface area contributed by atoms with Crippen molar-refractivity contribution in [2.75, 3.05) is 11.9 Å². The van der Waals surface area contributed by atoms with Crippen LogP contribution in [0.25, 0.3) is 10.9 Å². The molecular weight excluding hydrogens is 250 g/mol. The lowest BCUT2D eigenvalue weighted by molar-refractivity contribution is 0.138. The molecule has 0 bridgehead atoms. The molecule has 1 aliphatic rings. The van der Waals surface area contributed by atoms with E-state index in [1.165, 1.54) is 0 Å². The molecule has 0 aliphatic heterocycles. The first-order chi connectivity index (χ1) is 9.78. The van der Waals surface area contributed by atoms with Crippen molar-refractivity contribution in [3.63, 3.8) is 0 Å². The highest BCUT2D eigenvalue weighted by molar-refractivity contribution is 5.86. The summed E-state index contributed by atoms with van der Waals surface area (Å²) in [6, 6.07) is 11.6. The van der Waals surface area contributed by atoms with Crippen LogP contribution in [-0.2, 0) is 0 Å².